The monoisotopic (exact) mass is 758 g/mol. The number of fused-ring (bicyclic) bond motifs is 2. The third-order valence-corrected chi connectivity index (χ3v) is 15.9. The maximum atomic E-state index is 15.0. The molecule has 53 heavy (non-hydrogen) atoms. The van der Waals surface area contributed by atoms with Gasteiger partial charge in [0.2, 0.25) is 0 Å². The van der Waals surface area contributed by atoms with Gasteiger partial charge in [0, 0.05) is 0 Å². The van der Waals surface area contributed by atoms with Crippen LogP contribution in [0.1, 0.15) is 122 Å². The summed E-state index contributed by atoms with van der Waals surface area (Å²) in [7, 11) is -8.25. The molecule has 11 heteroatoms. The molecule has 284 valence electrons. The lowest BCUT2D eigenvalue weighted by atomic mass is 9.84. The highest BCUT2D eigenvalue weighted by Crippen LogP contribution is 2.44. The minimum absolute atomic E-state index is 0.206. The molecule has 0 saturated heterocycles. The molecule has 0 radical (unpaired) electrons. The molecule has 2 aliphatic carbocycles. The predicted molar refractivity (Wildman–Crippen MR) is 211 cm³/mol. The Labute approximate surface area is 316 Å². The highest BCUT2D eigenvalue weighted by Gasteiger charge is 2.49. The van der Waals surface area contributed by atoms with Crippen LogP contribution in [-0.4, -0.2) is 66.4 Å². The smallest absolute Gasteiger partial charge is 0.266 e. The quantitative estimate of drug-likeness (QED) is 0.273. The number of aromatic hydroxyl groups is 1. The van der Waals surface area contributed by atoms with Crippen molar-refractivity contribution in [2.24, 2.45) is 9.98 Å². The number of nitrogens with zero attached hydrogens (tertiary/aromatic N) is 4. The van der Waals surface area contributed by atoms with E-state index >= 15 is 16.8 Å². The molecule has 0 aromatic heterocycles. The van der Waals surface area contributed by atoms with Gasteiger partial charge in [-0.1, -0.05) is 81.8 Å². The Balaban J connectivity index is 1.46. The zero-order valence-corrected chi connectivity index (χ0v) is 34.2. The number of amidine groups is 2. The molecule has 2 saturated carbocycles. The Morgan fingerprint density at radius 2 is 0.925 bits per heavy atom. The van der Waals surface area contributed by atoms with Gasteiger partial charge in [0.25, 0.3) is 20.0 Å². The van der Waals surface area contributed by atoms with Gasteiger partial charge in [-0.2, -0.15) is 0 Å². The largest absolute Gasteiger partial charge is 0.506 e. The van der Waals surface area contributed by atoms with Gasteiger partial charge in [-0.15, -0.1) is 0 Å². The summed E-state index contributed by atoms with van der Waals surface area (Å²) in [6.07, 6.45) is 6.45. The number of hydrogen-bond donors (Lipinski definition) is 1. The van der Waals surface area contributed by atoms with Crippen LogP contribution in [0.4, 0.5) is 0 Å². The Bertz CT molecular complexity index is 2090. The molecule has 0 bridgehead atoms. The van der Waals surface area contributed by atoms with E-state index in [4.69, 9.17) is 9.98 Å². The molecule has 2 fully saturated rings. The Morgan fingerprint density at radius 1 is 0.585 bits per heavy atom. The third-order valence-electron chi connectivity index (χ3n) is 11.7. The van der Waals surface area contributed by atoms with Crippen molar-refractivity contribution in [3.05, 3.63) is 86.5 Å². The van der Waals surface area contributed by atoms with Crippen molar-refractivity contribution in [3.63, 3.8) is 0 Å². The second-order valence-corrected chi connectivity index (χ2v) is 20.5. The van der Waals surface area contributed by atoms with Gasteiger partial charge in [-0.25, -0.2) is 25.4 Å². The standard InChI is InChI=1S/C42H54N4O5S2/c1-24-18-26(3)38(27(4)19-24)52(48,49)45-35-16-12-10-14-33(35)43-40(45)31-22-30(42(7,8)9)23-32(37(31)47)41-44-34-15-11-13-17-36(34)46(41)53(50,51)39-28(5)20-25(2)21-29(39)6/h18-23,33-36,47H,10-17H2,1-9H3. The average Bonchev–Trinajstić information content (AvgIpc) is 3.63. The van der Waals surface area contributed by atoms with Crippen LogP contribution in [-0.2, 0) is 25.5 Å². The third kappa shape index (κ3) is 6.29. The molecular weight excluding hydrogens is 705 g/mol. The number of aliphatic imine (C=N–C) groups is 2. The molecule has 2 aliphatic heterocycles. The fourth-order valence-corrected chi connectivity index (χ4v) is 13.7. The van der Waals surface area contributed by atoms with E-state index in [1.165, 1.54) is 8.61 Å². The summed E-state index contributed by atoms with van der Waals surface area (Å²) < 4.78 is 63.0. The molecule has 1 N–H and O–H groups in total. The summed E-state index contributed by atoms with van der Waals surface area (Å²) in [6, 6.07) is 9.99. The van der Waals surface area contributed by atoms with Crippen LogP contribution in [0.25, 0.3) is 0 Å². The molecule has 4 atom stereocenters. The predicted octanol–water partition coefficient (Wildman–Crippen LogP) is 8.06. The van der Waals surface area contributed by atoms with Gasteiger partial charge in [0.05, 0.1) is 45.1 Å². The summed E-state index contributed by atoms with van der Waals surface area (Å²) in [5.74, 6) is 0.214. The number of hydrogen-bond acceptors (Lipinski definition) is 7. The minimum atomic E-state index is -4.13. The topological polar surface area (TPSA) is 120 Å². The van der Waals surface area contributed by atoms with Gasteiger partial charge < -0.3 is 5.11 Å². The van der Waals surface area contributed by atoms with Crippen molar-refractivity contribution in [1.29, 1.82) is 0 Å². The lowest BCUT2D eigenvalue weighted by molar-refractivity contribution is 0.315. The Hall–Kier alpha value is -3.70. The van der Waals surface area contributed by atoms with Crippen LogP contribution in [0.5, 0.6) is 5.75 Å². The van der Waals surface area contributed by atoms with E-state index in [2.05, 4.69) is 20.8 Å². The fourth-order valence-electron chi connectivity index (χ4n) is 9.49. The van der Waals surface area contributed by atoms with Crippen LogP contribution in [0, 0.1) is 41.5 Å². The van der Waals surface area contributed by atoms with Crippen molar-refractivity contribution in [2.75, 3.05) is 0 Å². The first-order valence-corrected chi connectivity index (χ1v) is 22.0. The first kappa shape index (κ1) is 37.6. The maximum Gasteiger partial charge on any atom is 0.266 e. The Morgan fingerprint density at radius 3 is 1.26 bits per heavy atom. The fraction of sp³-hybridized carbons (Fsp3) is 0.524. The van der Waals surface area contributed by atoms with Crippen molar-refractivity contribution >= 4 is 31.7 Å². The number of phenols is 1. The molecule has 4 aliphatic rings. The van der Waals surface area contributed by atoms with E-state index in [1.807, 2.05) is 77.9 Å². The van der Waals surface area contributed by atoms with Crippen LogP contribution in [0.15, 0.2) is 56.2 Å². The van der Waals surface area contributed by atoms with Gasteiger partial charge in [-0.05, 0) is 113 Å². The molecule has 4 unspecified atom stereocenters. The van der Waals surface area contributed by atoms with E-state index in [9.17, 15) is 5.11 Å². The number of sulfonamides is 2. The molecule has 0 amide bonds. The molecule has 3 aromatic carbocycles. The number of benzene rings is 3. The first-order valence-electron chi connectivity index (χ1n) is 19.1. The summed E-state index contributed by atoms with van der Waals surface area (Å²) in [6.45, 7) is 17.4. The van der Waals surface area contributed by atoms with Crippen molar-refractivity contribution in [1.82, 2.24) is 8.61 Å². The SMILES string of the molecule is Cc1cc(C)c(S(=O)(=O)N2C(c3cc(C(C)(C)C)cc(C4=NC5CCCCC5N4S(=O)(=O)c4c(C)cc(C)cc4C)c3O)=NC3CCCCC32)c(C)c1. The van der Waals surface area contributed by atoms with Gasteiger partial charge >= 0.3 is 0 Å². The van der Waals surface area contributed by atoms with Crippen molar-refractivity contribution in [2.45, 2.75) is 153 Å². The van der Waals surface area contributed by atoms with Crippen LogP contribution >= 0.6 is 0 Å². The maximum absolute atomic E-state index is 15.0. The second-order valence-electron chi connectivity index (χ2n) is 17.0. The Kier molecular flexibility index (Phi) is 9.40. The molecule has 3 aromatic rings. The van der Waals surface area contributed by atoms with Crippen LogP contribution in [0.2, 0.25) is 0 Å². The minimum Gasteiger partial charge on any atom is -0.506 e. The van der Waals surface area contributed by atoms with Crippen LogP contribution in [0.3, 0.4) is 0 Å². The zero-order chi connectivity index (χ0) is 38.4. The summed E-state index contributed by atoms with van der Waals surface area (Å²) in [4.78, 5) is 10.8. The van der Waals surface area contributed by atoms with Gasteiger partial charge in [0.1, 0.15) is 17.4 Å². The lowest BCUT2D eigenvalue weighted by Crippen LogP contribution is -2.46. The summed E-state index contributed by atoms with van der Waals surface area (Å²) in [5.41, 5.74) is 5.57. The van der Waals surface area contributed by atoms with E-state index in [0.717, 1.165) is 55.2 Å². The molecular formula is C42H54N4O5S2. The molecule has 7 rings (SSSR count). The lowest BCUT2D eigenvalue weighted by Gasteiger charge is -2.34. The first-order chi connectivity index (χ1) is 24.8. The molecule has 0 spiro atoms. The van der Waals surface area contributed by atoms with Crippen molar-refractivity contribution < 1.29 is 21.9 Å². The number of phenolic OH excluding ortho intramolecular Hbond substituents is 1. The van der Waals surface area contributed by atoms with Crippen LogP contribution < -0.4 is 0 Å². The normalized spacial score (nSPS) is 23.5. The number of aryl methyl sites for hydroxylation is 6. The van der Waals surface area contributed by atoms with E-state index in [0.29, 0.717) is 35.1 Å². The van der Waals surface area contributed by atoms with E-state index < -0.39 is 25.5 Å². The highest BCUT2D eigenvalue weighted by molar-refractivity contribution is 7.90. The summed E-state index contributed by atoms with van der Waals surface area (Å²) in [5, 5.41) is 12.6. The molecule has 2 heterocycles. The van der Waals surface area contributed by atoms with E-state index in [-0.39, 0.29) is 62.5 Å². The molecule has 9 nitrogen and oxygen atoms in total. The zero-order valence-electron chi connectivity index (χ0n) is 32.6. The summed E-state index contributed by atoms with van der Waals surface area (Å²) >= 11 is 0. The van der Waals surface area contributed by atoms with Crippen molar-refractivity contribution in [3.8, 4) is 5.75 Å². The number of rotatable bonds is 6. The van der Waals surface area contributed by atoms with E-state index in [1.54, 1.807) is 0 Å². The highest BCUT2D eigenvalue weighted by atomic mass is 32.2. The average molecular weight is 759 g/mol. The van der Waals surface area contributed by atoms with Gasteiger partial charge in [0.15, 0.2) is 0 Å². The second kappa shape index (κ2) is 13.3. The van der Waals surface area contributed by atoms with Gasteiger partial charge in [-0.3, -0.25) is 9.98 Å².